The summed E-state index contributed by atoms with van der Waals surface area (Å²) in [5.41, 5.74) is 6.68. The van der Waals surface area contributed by atoms with Crippen molar-refractivity contribution in [3.05, 3.63) is 29.3 Å². The van der Waals surface area contributed by atoms with E-state index in [-0.39, 0.29) is 11.4 Å². The maximum Gasteiger partial charge on any atom is 0.185 e. The molecule has 0 bridgehead atoms. The molecule has 98 valence electrons. The minimum atomic E-state index is -1.06. The van der Waals surface area contributed by atoms with Crippen molar-refractivity contribution in [3.8, 4) is 5.75 Å². The third-order valence-electron chi connectivity index (χ3n) is 2.80. The number of hydrogen-bond donors (Lipinski definition) is 1. The van der Waals surface area contributed by atoms with Crippen LogP contribution in [0.2, 0.25) is 0 Å². The van der Waals surface area contributed by atoms with Gasteiger partial charge < -0.3 is 15.2 Å². The monoisotopic (exact) mass is 255 g/mol. The van der Waals surface area contributed by atoms with Crippen LogP contribution in [0.4, 0.5) is 14.5 Å². The van der Waals surface area contributed by atoms with Gasteiger partial charge in [-0.25, -0.2) is 8.78 Å². The molecule has 5 heteroatoms. The maximum absolute atomic E-state index is 13.4. The highest BCUT2D eigenvalue weighted by Crippen LogP contribution is 2.37. The lowest BCUT2D eigenvalue weighted by Gasteiger charge is -2.19. The average molecular weight is 255 g/mol. The van der Waals surface area contributed by atoms with Crippen molar-refractivity contribution in [1.82, 2.24) is 0 Å². The van der Waals surface area contributed by atoms with E-state index in [4.69, 9.17) is 15.2 Å². The van der Waals surface area contributed by atoms with E-state index in [2.05, 4.69) is 0 Å². The average Bonchev–Trinajstić information content (AvgIpc) is 2.40. The van der Waals surface area contributed by atoms with Crippen LogP contribution in [0.5, 0.6) is 5.75 Å². The predicted octanol–water partition coefficient (Wildman–Crippen LogP) is 2.75. The molecular weight excluding hydrogens is 240 g/mol. The van der Waals surface area contributed by atoms with Crippen LogP contribution in [-0.2, 0) is 4.74 Å². The first-order valence-corrected chi connectivity index (χ1v) is 5.82. The van der Waals surface area contributed by atoms with E-state index in [1.807, 2.05) is 6.08 Å². The van der Waals surface area contributed by atoms with Gasteiger partial charge in [0, 0.05) is 5.56 Å². The molecule has 1 heterocycles. The maximum atomic E-state index is 13.4. The molecule has 1 aliphatic rings. The first-order valence-electron chi connectivity index (χ1n) is 5.82. The Balaban J connectivity index is 2.53. The second-order valence-corrected chi connectivity index (χ2v) is 3.95. The number of nitrogen functional groups attached to an aromatic ring is 1. The van der Waals surface area contributed by atoms with E-state index >= 15 is 0 Å². The molecule has 0 atom stereocenters. The normalized spacial score (nSPS) is 15.4. The molecule has 0 saturated carbocycles. The molecule has 0 unspecified atom stereocenters. The first-order chi connectivity index (χ1) is 8.65. The highest BCUT2D eigenvalue weighted by atomic mass is 19.2. The lowest BCUT2D eigenvalue weighted by atomic mass is 9.99. The van der Waals surface area contributed by atoms with Crippen LogP contribution in [0.25, 0.3) is 5.57 Å². The van der Waals surface area contributed by atoms with E-state index < -0.39 is 11.6 Å². The number of halogens is 2. The Morgan fingerprint density at radius 2 is 2.22 bits per heavy atom. The van der Waals surface area contributed by atoms with E-state index in [1.165, 1.54) is 0 Å². The molecule has 18 heavy (non-hydrogen) atoms. The number of benzene rings is 1. The van der Waals surface area contributed by atoms with Gasteiger partial charge in [-0.15, -0.1) is 0 Å². The van der Waals surface area contributed by atoms with Crippen LogP contribution in [0.3, 0.4) is 0 Å². The number of rotatable bonds is 3. The van der Waals surface area contributed by atoms with Gasteiger partial charge in [-0.2, -0.15) is 0 Å². The molecule has 0 saturated heterocycles. The van der Waals surface area contributed by atoms with Crippen LogP contribution in [-0.4, -0.2) is 19.8 Å². The van der Waals surface area contributed by atoms with Crippen molar-refractivity contribution in [2.24, 2.45) is 0 Å². The molecule has 1 aliphatic heterocycles. The van der Waals surface area contributed by atoms with Gasteiger partial charge in [0.05, 0.1) is 19.8 Å². The summed E-state index contributed by atoms with van der Waals surface area (Å²) in [5.74, 6) is -1.81. The number of anilines is 1. The molecule has 1 aromatic carbocycles. The molecule has 0 aromatic heterocycles. The summed E-state index contributed by atoms with van der Waals surface area (Å²) in [6.45, 7) is 3.12. The van der Waals surface area contributed by atoms with Gasteiger partial charge in [-0.1, -0.05) is 6.08 Å². The standard InChI is InChI=1S/C13H15F2NO2/c1-2-18-13-9(8-3-5-17-6-4-8)7-10(14)11(15)12(13)16/h3,7H,2,4-6,16H2,1H3. The molecule has 3 nitrogen and oxygen atoms in total. The molecule has 2 N–H and O–H groups in total. The summed E-state index contributed by atoms with van der Waals surface area (Å²) >= 11 is 0. The minimum absolute atomic E-state index is 0.213. The second kappa shape index (κ2) is 5.35. The molecule has 0 amide bonds. The predicted molar refractivity (Wildman–Crippen MR) is 65.4 cm³/mol. The Kier molecular flexibility index (Phi) is 3.81. The largest absolute Gasteiger partial charge is 0.491 e. The quantitative estimate of drug-likeness (QED) is 0.845. The lowest BCUT2D eigenvalue weighted by Crippen LogP contribution is -2.09. The fourth-order valence-corrected chi connectivity index (χ4v) is 1.94. The Bertz CT molecular complexity index is 486. The van der Waals surface area contributed by atoms with E-state index in [1.54, 1.807) is 6.92 Å². The molecule has 2 rings (SSSR count). The van der Waals surface area contributed by atoms with Gasteiger partial charge >= 0.3 is 0 Å². The smallest absolute Gasteiger partial charge is 0.185 e. The fourth-order valence-electron chi connectivity index (χ4n) is 1.94. The van der Waals surface area contributed by atoms with Gasteiger partial charge in [-0.05, 0) is 25.0 Å². The van der Waals surface area contributed by atoms with Crippen molar-refractivity contribution >= 4 is 11.3 Å². The SMILES string of the molecule is CCOc1c(C2=CCOCC2)cc(F)c(F)c1N. The Morgan fingerprint density at radius 1 is 1.44 bits per heavy atom. The van der Waals surface area contributed by atoms with Gasteiger partial charge in [0.25, 0.3) is 0 Å². The second-order valence-electron chi connectivity index (χ2n) is 3.95. The van der Waals surface area contributed by atoms with E-state index in [0.717, 1.165) is 11.6 Å². The van der Waals surface area contributed by atoms with Crippen LogP contribution in [0.1, 0.15) is 18.9 Å². The zero-order chi connectivity index (χ0) is 13.1. The zero-order valence-electron chi connectivity index (χ0n) is 10.1. The summed E-state index contributed by atoms with van der Waals surface area (Å²) in [6, 6.07) is 1.13. The molecule has 1 aromatic rings. The van der Waals surface area contributed by atoms with Crippen molar-refractivity contribution in [1.29, 1.82) is 0 Å². The molecule has 0 aliphatic carbocycles. The van der Waals surface area contributed by atoms with Crippen molar-refractivity contribution in [2.45, 2.75) is 13.3 Å². The molecule has 0 radical (unpaired) electrons. The van der Waals surface area contributed by atoms with Crippen molar-refractivity contribution in [2.75, 3.05) is 25.6 Å². The molecule has 0 spiro atoms. The summed E-state index contributed by atoms with van der Waals surface area (Å²) in [5, 5.41) is 0. The highest BCUT2D eigenvalue weighted by Gasteiger charge is 2.20. The topological polar surface area (TPSA) is 44.5 Å². The number of nitrogens with two attached hydrogens (primary N) is 1. The minimum Gasteiger partial charge on any atom is -0.491 e. The van der Waals surface area contributed by atoms with E-state index in [0.29, 0.717) is 31.8 Å². The molecular formula is C13H15F2NO2. The van der Waals surface area contributed by atoms with Crippen molar-refractivity contribution < 1.29 is 18.3 Å². The summed E-state index contributed by atoms with van der Waals surface area (Å²) in [7, 11) is 0. The molecule has 0 fully saturated rings. The van der Waals surface area contributed by atoms with Gasteiger partial charge in [0.1, 0.15) is 5.69 Å². The summed E-state index contributed by atoms with van der Waals surface area (Å²) < 4.78 is 37.4. The summed E-state index contributed by atoms with van der Waals surface area (Å²) in [4.78, 5) is 0. The highest BCUT2D eigenvalue weighted by molar-refractivity contribution is 5.76. The van der Waals surface area contributed by atoms with Gasteiger partial charge in [0.2, 0.25) is 0 Å². The number of ether oxygens (including phenoxy) is 2. The van der Waals surface area contributed by atoms with Crippen LogP contribution >= 0.6 is 0 Å². The lowest BCUT2D eigenvalue weighted by molar-refractivity contribution is 0.161. The van der Waals surface area contributed by atoms with Crippen LogP contribution < -0.4 is 10.5 Å². The van der Waals surface area contributed by atoms with Crippen LogP contribution in [0, 0.1) is 11.6 Å². The van der Waals surface area contributed by atoms with Crippen LogP contribution in [0.15, 0.2) is 12.1 Å². The third kappa shape index (κ3) is 2.31. The van der Waals surface area contributed by atoms with Gasteiger partial charge in [-0.3, -0.25) is 0 Å². The fraction of sp³-hybridized carbons (Fsp3) is 0.385. The third-order valence-corrected chi connectivity index (χ3v) is 2.80. The number of hydrogen-bond acceptors (Lipinski definition) is 3. The zero-order valence-corrected chi connectivity index (χ0v) is 10.1. The Hall–Kier alpha value is -1.62. The van der Waals surface area contributed by atoms with Crippen molar-refractivity contribution in [3.63, 3.8) is 0 Å². The Morgan fingerprint density at radius 3 is 2.83 bits per heavy atom. The van der Waals surface area contributed by atoms with E-state index in [9.17, 15) is 8.78 Å². The summed E-state index contributed by atoms with van der Waals surface area (Å²) in [6.07, 6.45) is 2.46. The Labute approximate surface area is 104 Å². The van der Waals surface area contributed by atoms with Gasteiger partial charge in [0.15, 0.2) is 17.4 Å². The first kappa shape index (κ1) is 12.8.